The molecule has 0 bridgehead atoms. The number of nitrogens with zero attached hydrogens (tertiary/aromatic N) is 2. The molecule has 2 rings (SSSR count). The maximum atomic E-state index is 12.5. The lowest BCUT2D eigenvalue weighted by atomic mass is 10.4. The zero-order valence-corrected chi connectivity index (χ0v) is 10.5. The summed E-state index contributed by atoms with van der Waals surface area (Å²) in [5.41, 5.74) is 5.30. The molecule has 0 spiro atoms. The van der Waals surface area contributed by atoms with Crippen LogP contribution in [0.1, 0.15) is 18.7 Å². The Morgan fingerprint density at radius 2 is 2.05 bits per heavy atom. The van der Waals surface area contributed by atoms with Crippen molar-refractivity contribution in [1.29, 1.82) is 0 Å². The molecule has 9 heteroatoms. The fourth-order valence-electron chi connectivity index (χ4n) is 1.55. The van der Waals surface area contributed by atoms with E-state index in [0.29, 0.717) is 6.54 Å². The number of amides is 1. The van der Waals surface area contributed by atoms with Crippen LogP contribution in [0, 0.1) is 5.92 Å². The van der Waals surface area contributed by atoms with Gasteiger partial charge in [0, 0.05) is 25.1 Å². The highest BCUT2D eigenvalue weighted by atomic mass is 19.4. The van der Waals surface area contributed by atoms with Gasteiger partial charge in [-0.05, 0) is 12.8 Å². The van der Waals surface area contributed by atoms with Gasteiger partial charge in [0.25, 0.3) is 0 Å². The lowest BCUT2D eigenvalue weighted by Crippen LogP contribution is -2.30. The molecule has 4 N–H and O–H groups in total. The third-order valence-corrected chi connectivity index (χ3v) is 2.68. The maximum absolute atomic E-state index is 12.5. The number of rotatable bonds is 5. The molecule has 1 aromatic rings. The van der Waals surface area contributed by atoms with Crippen molar-refractivity contribution in [3.8, 4) is 0 Å². The van der Waals surface area contributed by atoms with E-state index in [-0.39, 0.29) is 30.0 Å². The number of carbonyl (C=O) groups excluding carboxylic acids is 1. The van der Waals surface area contributed by atoms with Gasteiger partial charge in [-0.2, -0.15) is 13.2 Å². The summed E-state index contributed by atoms with van der Waals surface area (Å²) < 4.78 is 37.4. The van der Waals surface area contributed by atoms with Crippen LogP contribution < -0.4 is 16.4 Å². The number of nitrogens with two attached hydrogens (primary N) is 1. The van der Waals surface area contributed by atoms with Crippen LogP contribution in [0.15, 0.2) is 6.07 Å². The Hall–Kier alpha value is -2.06. The fraction of sp³-hybridized carbons (Fsp3) is 0.545. The van der Waals surface area contributed by atoms with Crippen molar-refractivity contribution >= 4 is 17.5 Å². The Bertz CT molecular complexity index is 501. The monoisotopic (exact) mass is 289 g/mol. The second-order valence-corrected chi connectivity index (χ2v) is 4.49. The Balaban J connectivity index is 1.85. The summed E-state index contributed by atoms with van der Waals surface area (Å²) in [4.78, 5) is 17.8. The van der Waals surface area contributed by atoms with Gasteiger partial charge in [-0.25, -0.2) is 9.97 Å². The normalized spacial score (nSPS) is 14.9. The molecule has 20 heavy (non-hydrogen) atoms. The summed E-state index contributed by atoms with van der Waals surface area (Å²) in [6.45, 7) is 0.562. The fourth-order valence-corrected chi connectivity index (χ4v) is 1.55. The van der Waals surface area contributed by atoms with Crippen LogP contribution in [0.2, 0.25) is 0 Å². The predicted octanol–water partition coefficient (Wildman–Crippen LogP) is 1.02. The summed E-state index contributed by atoms with van der Waals surface area (Å²) in [7, 11) is 0. The van der Waals surface area contributed by atoms with Gasteiger partial charge in [-0.1, -0.05) is 0 Å². The van der Waals surface area contributed by atoms with Gasteiger partial charge >= 0.3 is 6.18 Å². The molecule has 110 valence electrons. The highest BCUT2D eigenvalue weighted by molar-refractivity contribution is 5.80. The molecular weight excluding hydrogens is 275 g/mol. The summed E-state index contributed by atoms with van der Waals surface area (Å²) in [6.07, 6.45) is -2.85. The van der Waals surface area contributed by atoms with Crippen LogP contribution in [0.3, 0.4) is 0 Å². The van der Waals surface area contributed by atoms with Crippen molar-refractivity contribution in [3.05, 3.63) is 11.9 Å². The average molecular weight is 289 g/mol. The summed E-state index contributed by atoms with van der Waals surface area (Å²) in [5, 5.41) is 5.34. The molecule has 1 aromatic heterocycles. The molecule has 0 aliphatic heterocycles. The summed E-state index contributed by atoms with van der Waals surface area (Å²) in [6, 6.07) is 1.21. The summed E-state index contributed by atoms with van der Waals surface area (Å²) in [5.74, 6) is -1.50. The molecule has 0 atom stereocenters. The van der Waals surface area contributed by atoms with E-state index in [4.69, 9.17) is 5.73 Å². The number of hydrogen-bond acceptors (Lipinski definition) is 5. The van der Waals surface area contributed by atoms with E-state index in [9.17, 15) is 18.0 Å². The minimum atomic E-state index is -4.65. The molecule has 1 heterocycles. The molecule has 0 saturated heterocycles. The van der Waals surface area contributed by atoms with E-state index in [0.717, 1.165) is 12.8 Å². The van der Waals surface area contributed by atoms with Crippen LogP contribution in [-0.2, 0) is 11.0 Å². The van der Waals surface area contributed by atoms with Crippen molar-refractivity contribution in [2.45, 2.75) is 19.0 Å². The number of hydrogen-bond donors (Lipinski definition) is 3. The molecule has 1 aliphatic rings. The maximum Gasteiger partial charge on any atom is 0.451 e. The van der Waals surface area contributed by atoms with E-state index < -0.39 is 12.0 Å². The quantitative estimate of drug-likeness (QED) is 0.704. The molecule has 0 unspecified atom stereocenters. The first-order valence-corrected chi connectivity index (χ1v) is 6.09. The molecule has 1 saturated carbocycles. The molecule has 1 amide bonds. The minimum absolute atomic E-state index is 0.0227. The van der Waals surface area contributed by atoms with Gasteiger partial charge in [0.2, 0.25) is 11.7 Å². The zero-order valence-electron chi connectivity index (χ0n) is 10.5. The Morgan fingerprint density at radius 3 is 2.65 bits per heavy atom. The topological polar surface area (TPSA) is 92.9 Å². The second-order valence-electron chi connectivity index (χ2n) is 4.49. The van der Waals surface area contributed by atoms with Crippen LogP contribution >= 0.6 is 0 Å². The SMILES string of the molecule is Nc1cc(NCCNC(=O)C2CC2)nc(C(F)(F)F)n1. The number of aromatic nitrogens is 2. The van der Waals surface area contributed by atoms with Crippen molar-refractivity contribution in [1.82, 2.24) is 15.3 Å². The average Bonchev–Trinajstić information content (AvgIpc) is 3.16. The van der Waals surface area contributed by atoms with E-state index in [1.807, 2.05) is 0 Å². The van der Waals surface area contributed by atoms with Gasteiger partial charge in [-0.3, -0.25) is 4.79 Å². The smallest absolute Gasteiger partial charge is 0.384 e. The Morgan fingerprint density at radius 1 is 1.35 bits per heavy atom. The zero-order chi connectivity index (χ0) is 14.8. The van der Waals surface area contributed by atoms with E-state index in [2.05, 4.69) is 20.6 Å². The standard InChI is InChI=1S/C11H14F3N5O/c12-11(13,14)10-18-7(15)5-8(19-10)16-3-4-17-9(20)6-1-2-6/h5-6H,1-4H2,(H,17,20)(H3,15,16,18,19). The minimum Gasteiger partial charge on any atom is -0.384 e. The largest absolute Gasteiger partial charge is 0.451 e. The lowest BCUT2D eigenvalue weighted by Gasteiger charge is -2.10. The molecule has 0 radical (unpaired) electrons. The number of nitrogen functional groups attached to an aromatic ring is 1. The predicted molar refractivity (Wildman–Crippen MR) is 65.7 cm³/mol. The molecule has 0 aromatic carbocycles. The van der Waals surface area contributed by atoms with Gasteiger partial charge in [0.15, 0.2) is 0 Å². The summed E-state index contributed by atoms with van der Waals surface area (Å²) >= 11 is 0. The Labute approximate surface area is 113 Å². The van der Waals surface area contributed by atoms with Gasteiger partial charge in [0.05, 0.1) is 0 Å². The molecule has 6 nitrogen and oxygen atoms in total. The number of anilines is 2. The van der Waals surface area contributed by atoms with Crippen LogP contribution in [0.25, 0.3) is 0 Å². The first-order valence-electron chi connectivity index (χ1n) is 6.09. The van der Waals surface area contributed by atoms with Crippen LogP contribution in [0.5, 0.6) is 0 Å². The molecule has 1 fully saturated rings. The highest BCUT2D eigenvalue weighted by Gasteiger charge is 2.35. The number of alkyl halides is 3. The van der Waals surface area contributed by atoms with Crippen molar-refractivity contribution < 1.29 is 18.0 Å². The van der Waals surface area contributed by atoms with E-state index in [1.54, 1.807) is 0 Å². The number of carbonyl (C=O) groups is 1. The number of halogens is 3. The van der Waals surface area contributed by atoms with Crippen molar-refractivity contribution in [2.24, 2.45) is 5.92 Å². The first-order chi connectivity index (χ1) is 9.36. The third kappa shape index (κ3) is 3.97. The first kappa shape index (κ1) is 14.4. The van der Waals surface area contributed by atoms with E-state index in [1.165, 1.54) is 6.07 Å². The van der Waals surface area contributed by atoms with E-state index >= 15 is 0 Å². The molecular formula is C11H14F3N5O. The second kappa shape index (κ2) is 5.51. The lowest BCUT2D eigenvalue weighted by molar-refractivity contribution is -0.144. The molecule has 1 aliphatic carbocycles. The number of nitrogens with one attached hydrogen (secondary N) is 2. The van der Waals surface area contributed by atoms with Gasteiger partial charge in [-0.15, -0.1) is 0 Å². The van der Waals surface area contributed by atoms with Crippen LogP contribution in [0.4, 0.5) is 24.8 Å². The van der Waals surface area contributed by atoms with Gasteiger partial charge in [0.1, 0.15) is 11.6 Å². The Kier molecular flexibility index (Phi) is 3.96. The van der Waals surface area contributed by atoms with Crippen LogP contribution in [-0.4, -0.2) is 29.0 Å². The highest BCUT2D eigenvalue weighted by Crippen LogP contribution is 2.29. The van der Waals surface area contributed by atoms with Gasteiger partial charge < -0.3 is 16.4 Å². The van der Waals surface area contributed by atoms with Crippen molar-refractivity contribution in [2.75, 3.05) is 24.1 Å². The third-order valence-electron chi connectivity index (χ3n) is 2.68. The van der Waals surface area contributed by atoms with Crippen molar-refractivity contribution in [3.63, 3.8) is 0 Å².